The van der Waals surface area contributed by atoms with E-state index in [1.165, 1.54) is 25.7 Å². The zero-order chi connectivity index (χ0) is 22.9. The zero-order valence-corrected chi connectivity index (χ0v) is 19.1. The number of carbonyl (C=O) groups is 1. The molecule has 1 fully saturated rings. The van der Waals surface area contributed by atoms with Crippen LogP contribution in [0.4, 0.5) is 5.82 Å². The van der Waals surface area contributed by atoms with Gasteiger partial charge in [0.1, 0.15) is 17.8 Å². The average Bonchev–Trinajstić information content (AvgIpc) is 3.48. The van der Waals surface area contributed by atoms with Crippen LogP contribution in [0.2, 0.25) is 0 Å². The molecule has 0 spiro atoms. The highest BCUT2D eigenvalue weighted by atomic mass is 16.1. The standard InChI is InChI=1S/C27H29N5O/c1-17-7-8-18(2)22(13-17)27(33)29-14-19-9-11-20(12-10-19)23-15-32(21-5-3-4-6-21)26-24(23)25(28)30-16-31-26/h7-13,15-16,21H,3-6,14H2,1-2H3,(H,29,33)(H2,28,30,31). The molecule has 168 valence electrons. The van der Waals surface area contributed by atoms with E-state index in [1.54, 1.807) is 6.33 Å². The van der Waals surface area contributed by atoms with Crippen LogP contribution in [0.3, 0.4) is 0 Å². The number of carbonyl (C=O) groups excluding carboxylic acids is 1. The Morgan fingerprint density at radius 1 is 1.09 bits per heavy atom. The molecule has 4 aromatic rings. The lowest BCUT2D eigenvalue weighted by Gasteiger charge is -2.12. The predicted octanol–water partition coefficient (Wildman–Crippen LogP) is 5.34. The largest absolute Gasteiger partial charge is 0.383 e. The van der Waals surface area contributed by atoms with Gasteiger partial charge in [0.2, 0.25) is 0 Å². The van der Waals surface area contributed by atoms with E-state index in [1.807, 2.05) is 32.0 Å². The van der Waals surface area contributed by atoms with E-state index in [0.717, 1.165) is 44.4 Å². The lowest BCUT2D eigenvalue weighted by molar-refractivity contribution is 0.0950. The van der Waals surface area contributed by atoms with Crippen molar-refractivity contribution in [2.45, 2.75) is 52.1 Å². The van der Waals surface area contributed by atoms with Gasteiger partial charge in [-0.25, -0.2) is 9.97 Å². The number of fused-ring (bicyclic) bond motifs is 1. The van der Waals surface area contributed by atoms with Crippen molar-refractivity contribution in [3.63, 3.8) is 0 Å². The van der Waals surface area contributed by atoms with Crippen LogP contribution in [0.15, 0.2) is 55.0 Å². The number of aryl methyl sites for hydroxylation is 2. The number of nitrogens with zero attached hydrogens (tertiary/aromatic N) is 3. The highest BCUT2D eigenvalue weighted by Gasteiger charge is 2.22. The Bertz CT molecular complexity index is 1320. The molecular weight excluding hydrogens is 410 g/mol. The number of hydrogen-bond donors (Lipinski definition) is 2. The number of hydrogen-bond acceptors (Lipinski definition) is 4. The van der Waals surface area contributed by atoms with Crippen molar-refractivity contribution >= 4 is 22.8 Å². The topological polar surface area (TPSA) is 85.8 Å². The Hall–Kier alpha value is -3.67. The Labute approximate surface area is 193 Å². The van der Waals surface area contributed by atoms with E-state index in [2.05, 4.69) is 50.3 Å². The van der Waals surface area contributed by atoms with Gasteiger partial charge in [0, 0.05) is 29.9 Å². The fourth-order valence-electron chi connectivity index (χ4n) is 4.85. The number of nitrogens with two attached hydrogens (primary N) is 1. The first kappa shape index (κ1) is 21.2. The minimum Gasteiger partial charge on any atom is -0.383 e. The summed E-state index contributed by atoms with van der Waals surface area (Å²) in [4.78, 5) is 21.5. The third kappa shape index (κ3) is 4.09. The highest BCUT2D eigenvalue weighted by molar-refractivity contribution is 6.00. The molecule has 3 N–H and O–H groups in total. The van der Waals surface area contributed by atoms with Gasteiger partial charge < -0.3 is 15.6 Å². The molecule has 0 radical (unpaired) electrons. The van der Waals surface area contributed by atoms with Crippen molar-refractivity contribution in [3.8, 4) is 11.1 Å². The summed E-state index contributed by atoms with van der Waals surface area (Å²) in [5, 5.41) is 3.96. The Kier molecular flexibility index (Phi) is 5.58. The van der Waals surface area contributed by atoms with E-state index in [-0.39, 0.29) is 5.91 Å². The molecule has 1 aliphatic carbocycles. The summed E-state index contributed by atoms with van der Waals surface area (Å²) in [5.74, 6) is 0.460. The fourth-order valence-corrected chi connectivity index (χ4v) is 4.85. The van der Waals surface area contributed by atoms with Crippen LogP contribution < -0.4 is 11.1 Å². The smallest absolute Gasteiger partial charge is 0.251 e. The van der Waals surface area contributed by atoms with Gasteiger partial charge in [0.05, 0.1) is 5.39 Å². The van der Waals surface area contributed by atoms with Crippen molar-refractivity contribution in [1.82, 2.24) is 19.9 Å². The van der Waals surface area contributed by atoms with Crippen LogP contribution in [0.1, 0.15) is 58.8 Å². The molecule has 2 aromatic carbocycles. The Morgan fingerprint density at radius 2 is 1.85 bits per heavy atom. The molecular formula is C27H29N5O. The number of benzene rings is 2. The minimum atomic E-state index is -0.0511. The van der Waals surface area contributed by atoms with Crippen molar-refractivity contribution in [1.29, 1.82) is 0 Å². The second-order valence-electron chi connectivity index (χ2n) is 9.04. The summed E-state index contributed by atoms with van der Waals surface area (Å²) in [5.41, 5.74) is 13.1. The molecule has 1 saturated carbocycles. The predicted molar refractivity (Wildman–Crippen MR) is 132 cm³/mol. The van der Waals surface area contributed by atoms with Gasteiger partial charge in [0.25, 0.3) is 5.91 Å². The van der Waals surface area contributed by atoms with Crippen molar-refractivity contribution < 1.29 is 4.79 Å². The molecule has 2 aromatic heterocycles. The first-order chi connectivity index (χ1) is 16.0. The summed E-state index contributed by atoms with van der Waals surface area (Å²) < 4.78 is 2.29. The van der Waals surface area contributed by atoms with Gasteiger partial charge in [-0.2, -0.15) is 0 Å². The van der Waals surface area contributed by atoms with Gasteiger partial charge >= 0.3 is 0 Å². The Morgan fingerprint density at radius 3 is 2.61 bits per heavy atom. The SMILES string of the molecule is Cc1ccc(C)c(C(=O)NCc2ccc(-c3cn(C4CCCC4)c4ncnc(N)c34)cc2)c1. The maximum Gasteiger partial charge on any atom is 0.251 e. The van der Waals surface area contributed by atoms with Gasteiger partial charge in [0.15, 0.2) is 0 Å². The number of anilines is 1. The summed E-state index contributed by atoms with van der Waals surface area (Å²) in [6.07, 6.45) is 8.58. The molecule has 1 amide bonds. The van der Waals surface area contributed by atoms with E-state index in [9.17, 15) is 4.79 Å². The minimum absolute atomic E-state index is 0.0511. The summed E-state index contributed by atoms with van der Waals surface area (Å²) in [6.45, 7) is 4.43. The van der Waals surface area contributed by atoms with E-state index in [0.29, 0.717) is 18.4 Å². The van der Waals surface area contributed by atoms with E-state index >= 15 is 0 Å². The molecule has 2 heterocycles. The molecule has 6 heteroatoms. The Balaban J connectivity index is 1.39. The maximum absolute atomic E-state index is 12.7. The zero-order valence-electron chi connectivity index (χ0n) is 19.1. The molecule has 0 bridgehead atoms. The van der Waals surface area contributed by atoms with Crippen LogP contribution in [-0.4, -0.2) is 20.4 Å². The van der Waals surface area contributed by atoms with Crippen LogP contribution in [0.5, 0.6) is 0 Å². The second-order valence-corrected chi connectivity index (χ2v) is 9.04. The number of amides is 1. The van der Waals surface area contributed by atoms with Gasteiger partial charge in [-0.05, 0) is 49.4 Å². The van der Waals surface area contributed by atoms with Gasteiger partial charge in [-0.15, -0.1) is 0 Å². The quantitative estimate of drug-likeness (QED) is 0.439. The summed E-state index contributed by atoms with van der Waals surface area (Å²) in [6, 6.07) is 14.7. The van der Waals surface area contributed by atoms with Gasteiger partial charge in [-0.1, -0.05) is 54.8 Å². The summed E-state index contributed by atoms with van der Waals surface area (Å²) in [7, 11) is 0. The van der Waals surface area contributed by atoms with E-state index in [4.69, 9.17) is 5.73 Å². The van der Waals surface area contributed by atoms with Crippen molar-refractivity contribution in [3.05, 3.63) is 77.2 Å². The monoisotopic (exact) mass is 439 g/mol. The summed E-state index contributed by atoms with van der Waals surface area (Å²) >= 11 is 0. The van der Waals surface area contributed by atoms with Crippen molar-refractivity contribution in [2.75, 3.05) is 5.73 Å². The lowest BCUT2D eigenvalue weighted by atomic mass is 10.0. The number of nitrogens with one attached hydrogen (secondary N) is 1. The molecule has 5 rings (SSSR count). The van der Waals surface area contributed by atoms with Crippen LogP contribution in [0, 0.1) is 13.8 Å². The normalized spacial score (nSPS) is 14.1. The molecule has 0 aliphatic heterocycles. The van der Waals surface area contributed by atoms with Crippen LogP contribution in [-0.2, 0) is 6.54 Å². The molecule has 1 aliphatic rings. The number of aromatic nitrogens is 3. The second kappa shape index (κ2) is 8.70. The molecule has 0 saturated heterocycles. The average molecular weight is 440 g/mol. The first-order valence-electron chi connectivity index (χ1n) is 11.6. The molecule has 0 unspecified atom stereocenters. The first-order valence-corrected chi connectivity index (χ1v) is 11.6. The van der Waals surface area contributed by atoms with Crippen LogP contribution in [0.25, 0.3) is 22.2 Å². The number of nitrogen functional groups attached to an aromatic ring is 1. The molecule has 6 nitrogen and oxygen atoms in total. The van der Waals surface area contributed by atoms with Crippen LogP contribution >= 0.6 is 0 Å². The van der Waals surface area contributed by atoms with Crippen molar-refractivity contribution in [2.24, 2.45) is 0 Å². The third-order valence-corrected chi connectivity index (χ3v) is 6.71. The number of rotatable bonds is 5. The van der Waals surface area contributed by atoms with E-state index < -0.39 is 0 Å². The highest BCUT2D eigenvalue weighted by Crippen LogP contribution is 2.38. The maximum atomic E-state index is 12.7. The van der Waals surface area contributed by atoms with Gasteiger partial charge in [-0.3, -0.25) is 4.79 Å². The fraction of sp³-hybridized carbons (Fsp3) is 0.296. The molecule has 33 heavy (non-hydrogen) atoms. The lowest BCUT2D eigenvalue weighted by Crippen LogP contribution is -2.23. The molecule has 0 atom stereocenters. The third-order valence-electron chi connectivity index (χ3n) is 6.71.